The number of rotatable bonds is 3. The monoisotopic (exact) mass is 272 g/mol. The van der Waals surface area contributed by atoms with Gasteiger partial charge in [0, 0.05) is 17.1 Å². The molecule has 3 aromatic rings. The van der Waals surface area contributed by atoms with Gasteiger partial charge in [-0.1, -0.05) is 48.5 Å². The van der Waals surface area contributed by atoms with Gasteiger partial charge in [0.05, 0.1) is 11.6 Å². The quantitative estimate of drug-likeness (QED) is 0.737. The van der Waals surface area contributed by atoms with Gasteiger partial charge in [-0.15, -0.1) is 0 Å². The Hall–Kier alpha value is -2.79. The number of fused-ring (bicyclic) bond motifs is 1. The Kier molecular flexibility index (Phi) is 3.57. The normalized spacial score (nSPS) is 11.8. The van der Waals surface area contributed by atoms with Crippen LogP contribution in [0.3, 0.4) is 0 Å². The Morgan fingerprint density at radius 3 is 2.38 bits per heavy atom. The first-order valence-corrected chi connectivity index (χ1v) is 7.02. The molecule has 21 heavy (non-hydrogen) atoms. The zero-order chi connectivity index (χ0) is 14.7. The fourth-order valence-electron chi connectivity index (χ4n) is 2.51. The standard InChI is InChI=1S/C19H16N2/c1-14(16-11-9-15(13-20)10-12-16)21-19-8-4-6-17-5-2-3-7-18(17)19/h2-12,14,21H,1H3. The van der Waals surface area contributed by atoms with Crippen LogP contribution in [0.15, 0.2) is 66.7 Å². The van der Waals surface area contributed by atoms with Crippen LogP contribution in [0.5, 0.6) is 0 Å². The smallest absolute Gasteiger partial charge is 0.0991 e. The van der Waals surface area contributed by atoms with Gasteiger partial charge in [-0.3, -0.25) is 0 Å². The summed E-state index contributed by atoms with van der Waals surface area (Å²) in [6.07, 6.45) is 0. The highest BCUT2D eigenvalue weighted by molar-refractivity contribution is 5.93. The minimum Gasteiger partial charge on any atom is -0.378 e. The van der Waals surface area contributed by atoms with Crippen molar-refractivity contribution in [2.75, 3.05) is 5.32 Å². The summed E-state index contributed by atoms with van der Waals surface area (Å²) in [5, 5.41) is 14.9. The van der Waals surface area contributed by atoms with E-state index in [-0.39, 0.29) is 6.04 Å². The van der Waals surface area contributed by atoms with Crippen LogP contribution >= 0.6 is 0 Å². The van der Waals surface area contributed by atoms with E-state index < -0.39 is 0 Å². The van der Waals surface area contributed by atoms with Gasteiger partial charge in [-0.05, 0) is 36.1 Å². The van der Waals surface area contributed by atoms with Crippen molar-refractivity contribution in [3.05, 3.63) is 77.9 Å². The van der Waals surface area contributed by atoms with E-state index >= 15 is 0 Å². The first kappa shape index (κ1) is 13.2. The zero-order valence-electron chi connectivity index (χ0n) is 11.9. The summed E-state index contributed by atoms with van der Waals surface area (Å²) >= 11 is 0. The van der Waals surface area contributed by atoms with E-state index in [1.165, 1.54) is 16.3 Å². The van der Waals surface area contributed by atoms with Crippen molar-refractivity contribution in [2.24, 2.45) is 0 Å². The molecular formula is C19H16N2. The molecule has 0 radical (unpaired) electrons. The highest BCUT2D eigenvalue weighted by Crippen LogP contribution is 2.27. The van der Waals surface area contributed by atoms with Crippen LogP contribution in [0, 0.1) is 11.3 Å². The predicted octanol–water partition coefficient (Wildman–Crippen LogP) is 4.88. The van der Waals surface area contributed by atoms with Crippen molar-refractivity contribution in [3.63, 3.8) is 0 Å². The molecule has 3 aromatic carbocycles. The van der Waals surface area contributed by atoms with Crippen molar-refractivity contribution in [1.29, 1.82) is 5.26 Å². The van der Waals surface area contributed by atoms with E-state index in [4.69, 9.17) is 5.26 Å². The maximum Gasteiger partial charge on any atom is 0.0991 e. The van der Waals surface area contributed by atoms with Crippen LogP contribution in [-0.4, -0.2) is 0 Å². The molecule has 1 atom stereocenters. The minimum absolute atomic E-state index is 0.184. The Balaban J connectivity index is 1.89. The number of anilines is 1. The Morgan fingerprint density at radius 1 is 0.905 bits per heavy atom. The third kappa shape index (κ3) is 2.73. The van der Waals surface area contributed by atoms with Crippen LogP contribution in [0.2, 0.25) is 0 Å². The van der Waals surface area contributed by atoms with Crippen LogP contribution in [0.25, 0.3) is 10.8 Å². The van der Waals surface area contributed by atoms with E-state index in [0.29, 0.717) is 5.56 Å². The molecule has 0 aliphatic heterocycles. The molecule has 1 unspecified atom stereocenters. The van der Waals surface area contributed by atoms with Gasteiger partial charge in [0.25, 0.3) is 0 Å². The van der Waals surface area contributed by atoms with E-state index in [2.05, 4.69) is 60.8 Å². The van der Waals surface area contributed by atoms with Gasteiger partial charge in [0.15, 0.2) is 0 Å². The fourth-order valence-corrected chi connectivity index (χ4v) is 2.51. The van der Waals surface area contributed by atoms with Crippen molar-refractivity contribution < 1.29 is 0 Å². The van der Waals surface area contributed by atoms with Gasteiger partial charge in [-0.25, -0.2) is 0 Å². The lowest BCUT2D eigenvalue weighted by Gasteiger charge is -2.17. The third-order valence-electron chi connectivity index (χ3n) is 3.70. The molecule has 0 amide bonds. The topological polar surface area (TPSA) is 35.8 Å². The molecule has 102 valence electrons. The van der Waals surface area contributed by atoms with Crippen LogP contribution < -0.4 is 5.32 Å². The second-order valence-corrected chi connectivity index (χ2v) is 5.13. The second kappa shape index (κ2) is 5.68. The van der Waals surface area contributed by atoms with Crippen molar-refractivity contribution in [2.45, 2.75) is 13.0 Å². The molecule has 2 heteroatoms. The van der Waals surface area contributed by atoms with Crippen molar-refractivity contribution >= 4 is 16.5 Å². The molecule has 0 fully saturated rings. The minimum atomic E-state index is 0.184. The first-order chi connectivity index (χ1) is 10.3. The SMILES string of the molecule is CC(Nc1cccc2ccccc12)c1ccc(C#N)cc1. The lowest BCUT2D eigenvalue weighted by Crippen LogP contribution is -2.06. The molecule has 0 spiro atoms. The van der Waals surface area contributed by atoms with E-state index in [1.54, 1.807) is 0 Å². The molecule has 0 aliphatic rings. The molecule has 0 aliphatic carbocycles. The van der Waals surface area contributed by atoms with E-state index in [1.807, 2.05) is 24.3 Å². The van der Waals surface area contributed by atoms with Gasteiger partial charge in [0.1, 0.15) is 0 Å². The summed E-state index contributed by atoms with van der Waals surface area (Å²) in [6.45, 7) is 2.13. The van der Waals surface area contributed by atoms with Crippen LogP contribution in [-0.2, 0) is 0 Å². The van der Waals surface area contributed by atoms with E-state index in [9.17, 15) is 0 Å². The lowest BCUT2D eigenvalue weighted by molar-refractivity contribution is 0.886. The number of hydrogen-bond acceptors (Lipinski definition) is 2. The van der Waals surface area contributed by atoms with Crippen LogP contribution in [0.4, 0.5) is 5.69 Å². The Morgan fingerprint density at radius 2 is 1.62 bits per heavy atom. The third-order valence-corrected chi connectivity index (χ3v) is 3.70. The zero-order valence-corrected chi connectivity index (χ0v) is 11.9. The number of nitrogens with zero attached hydrogens (tertiary/aromatic N) is 1. The molecule has 0 saturated heterocycles. The van der Waals surface area contributed by atoms with Gasteiger partial charge in [0.2, 0.25) is 0 Å². The average Bonchev–Trinajstić information content (AvgIpc) is 2.55. The summed E-state index contributed by atoms with van der Waals surface area (Å²) in [5.41, 5.74) is 2.99. The Bertz CT molecular complexity index is 792. The molecule has 3 rings (SSSR count). The number of nitriles is 1. The largest absolute Gasteiger partial charge is 0.378 e. The fraction of sp³-hybridized carbons (Fsp3) is 0.105. The number of benzene rings is 3. The molecule has 1 N–H and O–H groups in total. The molecule has 0 heterocycles. The summed E-state index contributed by atoms with van der Waals surface area (Å²) in [7, 11) is 0. The van der Waals surface area contributed by atoms with Crippen LogP contribution in [0.1, 0.15) is 24.1 Å². The molecule has 0 bridgehead atoms. The first-order valence-electron chi connectivity index (χ1n) is 7.02. The maximum atomic E-state index is 8.86. The Labute approximate surface area is 124 Å². The lowest BCUT2D eigenvalue weighted by atomic mass is 10.0. The van der Waals surface area contributed by atoms with E-state index in [0.717, 1.165) is 5.69 Å². The second-order valence-electron chi connectivity index (χ2n) is 5.13. The summed E-state index contributed by atoms with van der Waals surface area (Å²) in [4.78, 5) is 0. The molecule has 0 saturated carbocycles. The van der Waals surface area contributed by atoms with Crippen molar-refractivity contribution in [3.8, 4) is 6.07 Å². The van der Waals surface area contributed by atoms with Gasteiger partial charge >= 0.3 is 0 Å². The number of hydrogen-bond donors (Lipinski definition) is 1. The van der Waals surface area contributed by atoms with Gasteiger partial charge in [-0.2, -0.15) is 5.26 Å². The summed E-state index contributed by atoms with van der Waals surface area (Å²) in [6, 6.07) is 24.7. The van der Waals surface area contributed by atoms with Crippen molar-refractivity contribution in [1.82, 2.24) is 0 Å². The van der Waals surface area contributed by atoms with Gasteiger partial charge < -0.3 is 5.32 Å². The highest BCUT2D eigenvalue weighted by Gasteiger charge is 2.07. The number of nitrogens with one attached hydrogen (secondary N) is 1. The molecule has 0 aromatic heterocycles. The summed E-state index contributed by atoms with van der Waals surface area (Å²) in [5.74, 6) is 0. The highest BCUT2D eigenvalue weighted by atomic mass is 14.9. The average molecular weight is 272 g/mol. The molecular weight excluding hydrogens is 256 g/mol. The maximum absolute atomic E-state index is 8.86. The summed E-state index contributed by atoms with van der Waals surface area (Å²) < 4.78 is 0. The predicted molar refractivity (Wildman–Crippen MR) is 87.1 cm³/mol. The molecule has 2 nitrogen and oxygen atoms in total.